The van der Waals surface area contributed by atoms with E-state index < -0.39 is 10.0 Å². The highest BCUT2D eigenvalue weighted by atomic mass is 35.5. The first kappa shape index (κ1) is 17.4. The third-order valence-electron chi connectivity index (χ3n) is 3.51. The number of aryl methyl sites for hydroxylation is 1. The molecule has 0 atom stereocenters. The van der Waals surface area contributed by atoms with Gasteiger partial charge in [-0.05, 0) is 42.8 Å². The molecule has 0 fully saturated rings. The molecule has 0 amide bonds. The molecule has 2 aromatic carbocycles. The Morgan fingerprint density at radius 1 is 1.00 bits per heavy atom. The number of hydrogen-bond acceptors (Lipinski definition) is 4. The zero-order valence-corrected chi connectivity index (χ0v) is 14.9. The highest BCUT2D eigenvalue weighted by Gasteiger charge is 2.24. The van der Waals surface area contributed by atoms with E-state index in [4.69, 9.17) is 21.1 Å². The zero-order chi connectivity index (χ0) is 17.2. The summed E-state index contributed by atoms with van der Waals surface area (Å²) in [6, 6.07) is 9.54. The van der Waals surface area contributed by atoms with Crippen LogP contribution in [-0.4, -0.2) is 29.7 Å². The van der Waals surface area contributed by atoms with E-state index in [1.165, 1.54) is 37.7 Å². The van der Waals surface area contributed by atoms with Crippen molar-refractivity contribution in [1.82, 2.24) is 0 Å². The lowest BCUT2D eigenvalue weighted by molar-refractivity contribution is 0.354. The maximum Gasteiger partial charge on any atom is 0.264 e. The first-order valence-corrected chi connectivity index (χ1v) is 8.60. The van der Waals surface area contributed by atoms with Crippen molar-refractivity contribution >= 4 is 27.3 Å². The standard InChI is InChI=1S/C16H18ClNO4S/c1-11-9-12(17)5-7-14(11)18(2)23(19,20)13-6-8-15(21-3)16(10-13)22-4/h5-10H,1-4H3. The van der Waals surface area contributed by atoms with E-state index in [-0.39, 0.29) is 4.90 Å². The van der Waals surface area contributed by atoms with E-state index in [9.17, 15) is 8.42 Å². The Labute approximate surface area is 141 Å². The minimum atomic E-state index is -3.73. The topological polar surface area (TPSA) is 55.8 Å². The summed E-state index contributed by atoms with van der Waals surface area (Å²) in [4.78, 5) is 0.118. The first-order valence-electron chi connectivity index (χ1n) is 6.78. The van der Waals surface area contributed by atoms with Crippen molar-refractivity contribution < 1.29 is 17.9 Å². The molecule has 0 bridgehead atoms. The van der Waals surface area contributed by atoms with Crippen LogP contribution in [0, 0.1) is 6.92 Å². The van der Waals surface area contributed by atoms with Gasteiger partial charge in [0.2, 0.25) is 0 Å². The van der Waals surface area contributed by atoms with Crippen molar-refractivity contribution in [3.8, 4) is 11.5 Å². The van der Waals surface area contributed by atoms with Crippen LogP contribution in [0.15, 0.2) is 41.3 Å². The fourth-order valence-corrected chi connectivity index (χ4v) is 3.74. The molecule has 2 rings (SSSR count). The maximum atomic E-state index is 12.8. The van der Waals surface area contributed by atoms with Crippen LogP contribution in [0.2, 0.25) is 5.02 Å². The summed E-state index contributed by atoms with van der Waals surface area (Å²) in [6.07, 6.45) is 0. The molecule has 0 unspecified atom stereocenters. The molecule has 0 aliphatic rings. The van der Waals surface area contributed by atoms with E-state index in [0.29, 0.717) is 22.2 Å². The van der Waals surface area contributed by atoms with Crippen LogP contribution in [0.25, 0.3) is 0 Å². The molecule has 2 aromatic rings. The van der Waals surface area contributed by atoms with Crippen LogP contribution in [0.5, 0.6) is 11.5 Å². The van der Waals surface area contributed by atoms with Gasteiger partial charge in [0, 0.05) is 18.1 Å². The fourth-order valence-electron chi connectivity index (χ4n) is 2.24. The van der Waals surface area contributed by atoms with Crippen molar-refractivity contribution in [3.63, 3.8) is 0 Å². The molecule has 0 saturated heterocycles. The van der Waals surface area contributed by atoms with Gasteiger partial charge in [-0.3, -0.25) is 4.31 Å². The first-order chi connectivity index (χ1) is 10.8. The van der Waals surface area contributed by atoms with Gasteiger partial charge in [0.15, 0.2) is 11.5 Å². The normalized spacial score (nSPS) is 11.2. The number of halogens is 1. The monoisotopic (exact) mass is 355 g/mol. The van der Waals surface area contributed by atoms with Crippen molar-refractivity contribution in [2.45, 2.75) is 11.8 Å². The van der Waals surface area contributed by atoms with Gasteiger partial charge in [0.25, 0.3) is 10.0 Å². The highest BCUT2D eigenvalue weighted by molar-refractivity contribution is 7.92. The van der Waals surface area contributed by atoms with Crippen LogP contribution in [-0.2, 0) is 10.0 Å². The van der Waals surface area contributed by atoms with E-state index in [2.05, 4.69) is 0 Å². The summed E-state index contributed by atoms with van der Waals surface area (Å²) in [5.74, 6) is 0.826. The minimum Gasteiger partial charge on any atom is -0.493 e. The lowest BCUT2D eigenvalue weighted by Crippen LogP contribution is -2.27. The number of benzene rings is 2. The Hall–Kier alpha value is -1.92. The SMILES string of the molecule is COc1ccc(S(=O)(=O)N(C)c2ccc(Cl)cc2C)cc1OC. The number of hydrogen-bond donors (Lipinski definition) is 0. The quantitative estimate of drug-likeness (QED) is 0.823. The smallest absolute Gasteiger partial charge is 0.264 e. The summed E-state index contributed by atoms with van der Waals surface area (Å²) < 4.78 is 37.2. The van der Waals surface area contributed by atoms with Crippen molar-refractivity contribution in [3.05, 3.63) is 47.0 Å². The Balaban J connectivity index is 2.49. The highest BCUT2D eigenvalue weighted by Crippen LogP contribution is 2.32. The number of nitrogens with zero attached hydrogens (tertiary/aromatic N) is 1. The summed E-state index contributed by atoms with van der Waals surface area (Å²) in [7, 11) is 0.727. The molecule has 0 N–H and O–H groups in total. The fraction of sp³-hybridized carbons (Fsp3) is 0.250. The molecule has 0 aromatic heterocycles. The van der Waals surface area contributed by atoms with E-state index >= 15 is 0 Å². The molecular formula is C16H18ClNO4S. The lowest BCUT2D eigenvalue weighted by atomic mass is 10.2. The molecule has 0 aliphatic carbocycles. The van der Waals surface area contributed by atoms with Crippen molar-refractivity contribution in [2.75, 3.05) is 25.6 Å². The Morgan fingerprint density at radius 3 is 2.22 bits per heavy atom. The van der Waals surface area contributed by atoms with Crippen LogP contribution in [0.1, 0.15) is 5.56 Å². The minimum absolute atomic E-state index is 0.118. The lowest BCUT2D eigenvalue weighted by Gasteiger charge is -2.22. The summed E-state index contributed by atoms with van der Waals surface area (Å²) in [5.41, 5.74) is 1.33. The largest absolute Gasteiger partial charge is 0.493 e. The molecule has 0 aliphatic heterocycles. The van der Waals surface area contributed by atoms with Gasteiger partial charge in [-0.15, -0.1) is 0 Å². The van der Waals surface area contributed by atoms with Gasteiger partial charge >= 0.3 is 0 Å². The summed E-state index contributed by atoms with van der Waals surface area (Å²) in [6.45, 7) is 1.81. The predicted octanol–water partition coefficient (Wildman–Crippen LogP) is 3.49. The predicted molar refractivity (Wildman–Crippen MR) is 91.3 cm³/mol. The van der Waals surface area contributed by atoms with Crippen LogP contribution < -0.4 is 13.8 Å². The number of anilines is 1. The number of ether oxygens (including phenoxy) is 2. The second-order valence-electron chi connectivity index (χ2n) is 4.92. The summed E-state index contributed by atoms with van der Waals surface area (Å²) in [5, 5.41) is 0.558. The zero-order valence-electron chi connectivity index (χ0n) is 13.3. The molecule has 0 radical (unpaired) electrons. The van der Waals surface area contributed by atoms with Gasteiger partial charge in [-0.25, -0.2) is 8.42 Å². The molecule has 0 saturated carbocycles. The van der Waals surface area contributed by atoms with Crippen LogP contribution >= 0.6 is 11.6 Å². The van der Waals surface area contributed by atoms with E-state index in [1.807, 2.05) is 6.92 Å². The van der Waals surface area contributed by atoms with Gasteiger partial charge in [-0.2, -0.15) is 0 Å². The van der Waals surface area contributed by atoms with Gasteiger partial charge < -0.3 is 9.47 Å². The molecule has 7 heteroatoms. The molecular weight excluding hydrogens is 338 g/mol. The maximum absolute atomic E-state index is 12.8. The third kappa shape index (κ3) is 3.38. The van der Waals surface area contributed by atoms with Crippen molar-refractivity contribution in [1.29, 1.82) is 0 Å². The second kappa shape index (κ2) is 6.68. The van der Waals surface area contributed by atoms with Crippen molar-refractivity contribution in [2.24, 2.45) is 0 Å². The number of rotatable bonds is 5. The number of sulfonamides is 1. The molecule has 0 heterocycles. The molecule has 124 valence electrons. The molecule has 0 spiro atoms. The average molecular weight is 356 g/mol. The van der Waals surface area contributed by atoms with Gasteiger partial charge in [-0.1, -0.05) is 11.6 Å². The van der Waals surface area contributed by atoms with Gasteiger partial charge in [0.05, 0.1) is 24.8 Å². The van der Waals surface area contributed by atoms with Gasteiger partial charge in [0.1, 0.15) is 0 Å². The Morgan fingerprint density at radius 2 is 1.65 bits per heavy atom. The number of methoxy groups -OCH3 is 2. The van der Waals surface area contributed by atoms with E-state index in [1.54, 1.807) is 24.3 Å². The van der Waals surface area contributed by atoms with Crippen LogP contribution in [0.3, 0.4) is 0 Å². The van der Waals surface area contributed by atoms with Crippen LogP contribution in [0.4, 0.5) is 5.69 Å². The third-order valence-corrected chi connectivity index (χ3v) is 5.51. The average Bonchev–Trinajstić information content (AvgIpc) is 2.53. The molecule has 23 heavy (non-hydrogen) atoms. The Kier molecular flexibility index (Phi) is 5.06. The molecule has 5 nitrogen and oxygen atoms in total. The summed E-state index contributed by atoms with van der Waals surface area (Å²) >= 11 is 5.93. The van der Waals surface area contributed by atoms with E-state index in [0.717, 1.165) is 5.56 Å². The Bertz CT molecular complexity index is 821. The second-order valence-corrected chi connectivity index (χ2v) is 7.33.